The van der Waals surface area contributed by atoms with Gasteiger partial charge in [0.25, 0.3) is 0 Å². The molecular weight excluding hydrogens is 288 g/mol. The third-order valence-corrected chi connectivity index (χ3v) is 4.49. The summed E-state index contributed by atoms with van der Waals surface area (Å²) in [6, 6.07) is 5.43. The van der Waals surface area contributed by atoms with Gasteiger partial charge in [0.05, 0.1) is 18.7 Å². The van der Waals surface area contributed by atoms with Crippen LogP contribution in [-0.2, 0) is 4.74 Å². The Hall–Kier alpha value is -1.82. The summed E-state index contributed by atoms with van der Waals surface area (Å²) in [6.07, 6.45) is 0.776. The monoisotopic (exact) mass is 306 g/mol. The summed E-state index contributed by atoms with van der Waals surface area (Å²) in [4.78, 5) is 13.7. The molecule has 0 radical (unpaired) electrons. The van der Waals surface area contributed by atoms with E-state index in [0.29, 0.717) is 10.7 Å². The number of esters is 1. The molecule has 2 aliphatic heterocycles. The molecule has 1 fully saturated rings. The fourth-order valence-corrected chi connectivity index (χ4v) is 3.60. The van der Waals surface area contributed by atoms with Gasteiger partial charge in [-0.1, -0.05) is 0 Å². The van der Waals surface area contributed by atoms with Gasteiger partial charge >= 0.3 is 5.97 Å². The van der Waals surface area contributed by atoms with E-state index in [0.717, 1.165) is 24.3 Å². The van der Waals surface area contributed by atoms with Crippen LogP contribution < -0.4 is 10.1 Å². The summed E-state index contributed by atoms with van der Waals surface area (Å²) in [5.74, 6) is 0.439. The van der Waals surface area contributed by atoms with Crippen molar-refractivity contribution in [3.63, 3.8) is 0 Å². The number of carbonyl (C=O) groups is 1. The van der Waals surface area contributed by atoms with Crippen molar-refractivity contribution in [1.29, 1.82) is 0 Å². The topological polar surface area (TPSA) is 50.8 Å². The molecule has 2 aliphatic rings. The first-order valence-electron chi connectivity index (χ1n) is 6.98. The molecule has 21 heavy (non-hydrogen) atoms. The van der Waals surface area contributed by atoms with Crippen LogP contribution in [0.15, 0.2) is 18.2 Å². The lowest BCUT2D eigenvalue weighted by atomic mass is 9.89. The van der Waals surface area contributed by atoms with Gasteiger partial charge < -0.3 is 19.7 Å². The largest absolute Gasteiger partial charge is 0.468 e. The smallest absolute Gasteiger partial charge is 0.337 e. The zero-order valence-electron chi connectivity index (χ0n) is 12.3. The van der Waals surface area contributed by atoms with E-state index in [1.807, 2.05) is 19.1 Å². The first-order valence-corrected chi connectivity index (χ1v) is 7.38. The zero-order chi connectivity index (χ0) is 15.2. The Labute approximate surface area is 129 Å². The van der Waals surface area contributed by atoms with Gasteiger partial charge in [-0.25, -0.2) is 4.79 Å². The second kappa shape index (κ2) is 4.87. The van der Waals surface area contributed by atoms with Crippen LogP contribution in [0, 0.1) is 0 Å². The Morgan fingerprint density at radius 1 is 1.62 bits per heavy atom. The van der Waals surface area contributed by atoms with Gasteiger partial charge in [0.2, 0.25) is 0 Å². The molecule has 2 heterocycles. The predicted octanol–water partition coefficient (Wildman–Crippen LogP) is 2.22. The van der Waals surface area contributed by atoms with Crippen LogP contribution >= 0.6 is 12.2 Å². The highest BCUT2D eigenvalue weighted by Crippen LogP contribution is 2.44. The number of rotatable bonds is 2. The van der Waals surface area contributed by atoms with Crippen molar-refractivity contribution in [2.75, 3.05) is 13.7 Å². The highest BCUT2D eigenvalue weighted by molar-refractivity contribution is 7.80. The Bertz CT molecular complexity index is 619. The number of benzene rings is 1. The molecule has 2 atom stereocenters. The first-order chi connectivity index (χ1) is 9.98. The van der Waals surface area contributed by atoms with E-state index in [1.54, 1.807) is 6.07 Å². The number of methoxy groups -OCH3 is 1. The second-order valence-electron chi connectivity index (χ2n) is 5.47. The predicted molar refractivity (Wildman–Crippen MR) is 82.3 cm³/mol. The number of thiocarbonyl (C=S) groups is 1. The van der Waals surface area contributed by atoms with Gasteiger partial charge in [-0.15, -0.1) is 0 Å². The molecule has 6 heteroatoms. The Morgan fingerprint density at radius 3 is 3.05 bits per heavy atom. The molecular formula is C15H18N2O3S. The highest BCUT2D eigenvalue weighted by atomic mass is 32.1. The number of nitrogens with one attached hydrogen (secondary N) is 1. The summed E-state index contributed by atoms with van der Waals surface area (Å²) in [5, 5.41) is 4.03. The van der Waals surface area contributed by atoms with Gasteiger partial charge in [-0.2, -0.15) is 0 Å². The SMILES string of the molecule is CCN1C(=S)NC2CC1(C)Oc1ccc(C(=O)OC)cc12. The normalized spacial score (nSPS) is 26.5. The molecule has 0 amide bonds. The van der Waals surface area contributed by atoms with Crippen molar-refractivity contribution in [2.24, 2.45) is 0 Å². The first kappa shape index (κ1) is 14.1. The van der Waals surface area contributed by atoms with Crippen LogP contribution in [0.1, 0.15) is 42.2 Å². The van der Waals surface area contributed by atoms with E-state index in [4.69, 9.17) is 21.7 Å². The Kier molecular flexibility index (Phi) is 3.28. The van der Waals surface area contributed by atoms with Crippen molar-refractivity contribution >= 4 is 23.3 Å². The van der Waals surface area contributed by atoms with Crippen molar-refractivity contribution in [1.82, 2.24) is 10.2 Å². The van der Waals surface area contributed by atoms with Crippen LogP contribution in [0.4, 0.5) is 0 Å². The van der Waals surface area contributed by atoms with Crippen LogP contribution in [-0.4, -0.2) is 35.4 Å². The molecule has 3 rings (SSSR count). The minimum atomic E-state index is -0.443. The van der Waals surface area contributed by atoms with E-state index in [2.05, 4.69) is 17.1 Å². The fraction of sp³-hybridized carbons (Fsp3) is 0.467. The summed E-state index contributed by atoms with van der Waals surface area (Å²) in [6.45, 7) is 4.89. The summed E-state index contributed by atoms with van der Waals surface area (Å²) >= 11 is 5.43. The highest BCUT2D eigenvalue weighted by Gasteiger charge is 2.46. The molecule has 1 saturated heterocycles. The molecule has 112 valence electrons. The fourth-order valence-electron chi connectivity index (χ4n) is 3.14. The van der Waals surface area contributed by atoms with E-state index in [-0.39, 0.29) is 12.0 Å². The number of carbonyl (C=O) groups excluding carboxylic acids is 1. The summed E-state index contributed by atoms with van der Waals surface area (Å²) in [7, 11) is 1.38. The molecule has 0 aliphatic carbocycles. The third kappa shape index (κ3) is 2.14. The second-order valence-corrected chi connectivity index (χ2v) is 5.86. The quantitative estimate of drug-likeness (QED) is 0.668. The van der Waals surface area contributed by atoms with Crippen molar-refractivity contribution in [3.05, 3.63) is 29.3 Å². The number of ether oxygens (including phenoxy) is 2. The number of fused-ring (bicyclic) bond motifs is 4. The molecule has 0 aromatic heterocycles. The molecule has 2 bridgehead atoms. The van der Waals surface area contributed by atoms with E-state index in [1.165, 1.54) is 7.11 Å². The molecule has 0 spiro atoms. The molecule has 1 N–H and O–H groups in total. The van der Waals surface area contributed by atoms with E-state index in [9.17, 15) is 4.79 Å². The summed E-state index contributed by atoms with van der Waals surface area (Å²) < 4.78 is 11.0. The average Bonchev–Trinajstić information content (AvgIpc) is 2.45. The van der Waals surface area contributed by atoms with Crippen LogP contribution in [0.5, 0.6) is 5.75 Å². The van der Waals surface area contributed by atoms with Gasteiger partial charge in [0, 0.05) is 18.5 Å². The van der Waals surface area contributed by atoms with Crippen molar-refractivity contribution in [2.45, 2.75) is 32.0 Å². The maximum absolute atomic E-state index is 11.7. The van der Waals surface area contributed by atoms with Crippen LogP contribution in [0.2, 0.25) is 0 Å². The molecule has 1 aromatic carbocycles. The van der Waals surface area contributed by atoms with Crippen molar-refractivity contribution in [3.8, 4) is 5.75 Å². The van der Waals surface area contributed by atoms with Gasteiger partial charge in [-0.05, 0) is 44.3 Å². The maximum atomic E-state index is 11.7. The molecule has 0 saturated carbocycles. The van der Waals surface area contributed by atoms with Gasteiger partial charge in [0.1, 0.15) is 5.75 Å². The van der Waals surface area contributed by atoms with Crippen LogP contribution in [0.25, 0.3) is 0 Å². The van der Waals surface area contributed by atoms with Crippen molar-refractivity contribution < 1.29 is 14.3 Å². The third-order valence-electron chi connectivity index (χ3n) is 4.15. The Balaban J connectivity index is 2.03. The number of nitrogens with zero attached hydrogens (tertiary/aromatic N) is 1. The van der Waals surface area contributed by atoms with Gasteiger partial charge in [0.15, 0.2) is 10.8 Å². The lowest BCUT2D eigenvalue weighted by molar-refractivity contribution is -0.0658. The van der Waals surface area contributed by atoms with E-state index >= 15 is 0 Å². The molecule has 2 unspecified atom stereocenters. The molecule has 1 aromatic rings. The lowest BCUT2D eigenvalue weighted by Crippen LogP contribution is -2.64. The number of hydrogen-bond acceptors (Lipinski definition) is 4. The maximum Gasteiger partial charge on any atom is 0.337 e. The standard InChI is InChI=1S/C15H18N2O3S/c1-4-17-14(21)16-11-8-15(17,2)20-12-6-5-9(7-10(11)12)13(18)19-3/h5-7,11H,4,8H2,1-3H3,(H,16,21). The average molecular weight is 306 g/mol. The minimum Gasteiger partial charge on any atom is -0.468 e. The molecule has 5 nitrogen and oxygen atoms in total. The van der Waals surface area contributed by atoms with Gasteiger partial charge in [-0.3, -0.25) is 0 Å². The van der Waals surface area contributed by atoms with E-state index < -0.39 is 5.72 Å². The minimum absolute atomic E-state index is 0.0543. The summed E-state index contributed by atoms with van der Waals surface area (Å²) in [5.41, 5.74) is 1.03. The van der Waals surface area contributed by atoms with Crippen LogP contribution in [0.3, 0.4) is 0 Å². The zero-order valence-corrected chi connectivity index (χ0v) is 13.1. The lowest BCUT2D eigenvalue weighted by Gasteiger charge is -2.52. The Morgan fingerprint density at radius 2 is 2.38 bits per heavy atom. The number of hydrogen-bond donors (Lipinski definition) is 1.